The number of rotatable bonds is 10. The molecule has 1 saturated heterocycles. The molecule has 4 rings (SSSR count). The quantitative estimate of drug-likeness (QED) is 0.405. The molecule has 1 aliphatic rings. The van der Waals surface area contributed by atoms with Crippen LogP contribution in [0.2, 0.25) is 0 Å². The van der Waals surface area contributed by atoms with E-state index in [4.69, 9.17) is 9.15 Å². The number of nitrogens with zero attached hydrogens (tertiary/aromatic N) is 4. The number of benzene rings is 1. The topological polar surface area (TPSA) is 71.2 Å². The highest BCUT2D eigenvalue weighted by Gasteiger charge is 2.25. The van der Waals surface area contributed by atoms with E-state index in [0.717, 1.165) is 48.9 Å². The summed E-state index contributed by atoms with van der Waals surface area (Å²) in [7, 11) is 1.66. The molecule has 3 aromatic rings. The fraction of sp³-hybridized carbons (Fsp3) is 0.448. The molecule has 2 amide bonds. The van der Waals surface area contributed by atoms with E-state index < -0.39 is 0 Å². The highest BCUT2D eigenvalue weighted by atomic mass is 16.5. The lowest BCUT2D eigenvalue weighted by Gasteiger charge is -2.35. The number of hydrogen-bond donors (Lipinski definition) is 0. The standard InChI is InChI=1S/C29H38N4O4/c1-5-14-33(28(34)22(2)3)20-24-7-6-15-32(24)21-26-12-13-27(37-26)29(35)31-18-16-30(17-19-31)23-8-10-25(36-4)11-9-23/h6-13,15,22H,5,14,16-21H2,1-4H3. The number of carbonyl (C=O) groups is 2. The third-order valence-corrected chi connectivity index (χ3v) is 6.78. The van der Waals surface area contributed by atoms with Crippen molar-refractivity contribution in [2.45, 2.75) is 40.3 Å². The number of methoxy groups -OCH3 is 1. The summed E-state index contributed by atoms with van der Waals surface area (Å²) in [6.07, 6.45) is 2.90. The Hall–Kier alpha value is -3.68. The van der Waals surface area contributed by atoms with E-state index in [0.29, 0.717) is 31.9 Å². The van der Waals surface area contributed by atoms with Gasteiger partial charge in [0, 0.05) is 56.2 Å². The third-order valence-electron chi connectivity index (χ3n) is 6.78. The van der Waals surface area contributed by atoms with Crippen LogP contribution >= 0.6 is 0 Å². The monoisotopic (exact) mass is 506 g/mol. The van der Waals surface area contributed by atoms with Crippen LogP contribution in [0.15, 0.2) is 59.1 Å². The number of piperazine rings is 1. The lowest BCUT2D eigenvalue weighted by molar-refractivity contribution is -0.135. The number of furan rings is 1. The number of amides is 2. The van der Waals surface area contributed by atoms with Crippen molar-refractivity contribution < 1.29 is 18.7 Å². The fourth-order valence-electron chi connectivity index (χ4n) is 4.71. The van der Waals surface area contributed by atoms with Crippen molar-refractivity contribution in [3.8, 4) is 5.75 Å². The van der Waals surface area contributed by atoms with Gasteiger partial charge in [-0.2, -0.15) is 0 Å². The van der Waals surface area contributed by atoms with Crippen LogP contribution in [-0.2, 0) is 17.9 Å². The van der Waals surface area contributed by atoms with Crippen molar-refractivity contribution in [1.29, 1.82) is 0 Å². The largest absolute Gasteiger partial charge is 0.497 e. The predicted molar refractivity (Wildman–Crippen MR) is 144 cm³/mol. The van der Waals surface area contributed by atoms with Crippen LogP contribution in [0.3, 0.4) is 0 Å². The average Bonchev–Trinajstić information content (AvgIpc) is 3.57. The number of carbonyl (C=O) groups excluding carboxylic acids is 2. The molecule has 0 bridgehead atoms. The van der Waals surface area contributed by atoms with E-state index in [-0.39, 0.29) is 17.7 Å². The Morgan fingerprint density at radius 2 is 1.76 bits per heavy atom. The Balaban J connectivity index is 1.35. The van der Waals surface area contributed by atoms with Crippen LogP contribution in [0.5, 0.6) is 5.75 Å². The molecule has 0 unspecified atom stereocenters. The summed E-state index contributed by atoms with van der Waals surface area (Å²) in [5.74, 6) is 1.96. The van der Waals surface area contributed by atoms with Gasteiger partial charge in [-0.3, -0.25) is 9.59 Å². The SMILES string of the molecule is CCCN(Cc1cccn1Cc1ccc(C(=O)N2CCN(c3ccc(OC)cc3)CC2)o1)C(=O)C(C)C. The molecule has 0 spiro atoms. The van der Waals surface area contributed by atoms with Crippen molar-refractivity contribution >= 4 is 17.5 Å². The summed E-state index contributed by atoms with van der Waals surface area (Å²) in [4.78, 5) is 31.8. The van der Waals surface area contributed by atoms with E-state index >= 15 is 0 Å². The first-order valence-corrected chi connectivity index (χ1v) is 13.1. The first-order chi connectivity index (χ1) is 17.9. The fourth-order valence-corrected chi connectivity index (χ4v) is 4.71. The van der Waals surface area contributed by atoms with Gasteiger partial charge in [-0.05, 0) is 55.0 Å². The lowest BCUT2D eigenvalue weighted by Crippen LogP contribution is -2.48. The van der Waals surface area contributed by atoms with E-state index in [2.05, 4.69) is 16.4 Å². The molecule has 1 aliphatic heterocycles. The Morgan fingerprint density at radius 1 is 1.03 bits per heavy atom. The summed E-state index contributed by atoms with van der Waals surface area (Å²) in [6, 6.07) is 15.7. The van der Waals surface area contributed by atoms with Gasteiger partial charge < -0.3 is 28.4 Å². The van der Waals surface area contributed by atoms with Gasteiger partial charge in [0.05, 0.1) is 20.2 Å². The van der Waals surface area contributed by atoms with Crippen LogP contribution in [0.4, 0.5) is 5.69 Å². The Labute approximate surface area is 219 Å². The lowest BCUT2D eigenvalue weighted by atomic mass is 10.2. The summed E-state index contributed by atoms with van der Waals surface area (Å²) >= 11 is 0. The highest BCUT2D eigenvalue weighted by molar-refractivity contribution is 5.91. The first-order valence-electron chi connectivity index (χ1n) is 13.1. The maximum atomic E-state index is 13.1. The Morgan fingerprint density at radius 3 is 2.41 bits per heavy atom. The van der Waals surface area contributed by atoms with E-state index in [1.807, 2.05) is 72.3 Å². The summed E-state index contributed by atoms with van der Waals surface area (Å²) in [5.41, 5.74) is 2.17. The van der Waals surface area contributed by atoms with Crippen molar-refractivity contribution in [3.63, 3.8) is 0 Å². The van der Waals surface area contributed by atoms with Gasteiger partial charge in [0.15, 0.2) is 5.76 Å². The number of aromatic nitrogens is 1. The van der Waals surface area contributed by atoms with Gasteiger partial charge in [0.1, 0.15) is 11.5 Å². The molecule has 1 fully saturated rings. The zero-order valence-electron chi connectivity index (χ0n) is 22.4. The molecule has 0 atom stereocenters. The maximum absolute atomic E-state index is 13.1. The molecule has 0 saturated carbocycles. The third kappa shape index (κ3) is 6.37. The molecule has 3 heterocycles. The minimum absolute atomic E-state index is 0.0355. The van der Waals surface area contributed by atoms with Crippen LogP contribution in [0.1, 0.15) is 49.2 Å². The zero-order valence-corrected chi connectivity index (χ0v) is 22.4. The molecule has 8 nitrogen and oxygen atoms in total. The molecule has 1 aromatic carbocycles. The van der Waals surface area contributed by atoms with Gasteiger partial charge in [0.2, 0.25) is 5.91 Å². The molecule has 0 N–H and O–H groups in total. The van der Waals surface area contributed by atoms with Gasteiger partial charge in [-0.25, -0.2) is 0 Å². The van der Waals surface area contributed by atoms with E-state index in [1.54, 1.807) is 13.2 Å². The minimum Gasteiger partial charge on any atom is -0.497 e. The number of anilines is 1. The number of hydrogen-bond acceptors (Lipinski definition) is 5. The van der Waals surface area contributed by atoms with Crippen molar-refractivity contribution in [2.75, 3.05) is 44.7 Å². The molecule has 8 heteroatoms. The van der Waals surface area contributed by atoms with E-state index in [9.17, 15) is 9.59 Å². The normalized spacial score (nSPS) is 13.8. The predicted octanol–water partition coefficient (Wildman–Crippen LogP) is 4.50. The van der Waals surface area contributed by atoms with Crippen LogP contribution in [-0.4, -0.2) is 66.0 Å². The molecule has 2 aromatic heterocycles. The summed E-state index contributed by atoms with van der Waals surface area (Å²) in [5, 5.41) is 0. The van der Waals surface area contributed by atoms with Crippen molar-refractivity contribution in [1.82, 2.24) is 14.4 Å². The van der Waals surface area contributed by atoms with Gasteiger partial charge in [-0.1, -0.05) is 20.8 Å². The Bertz CT molecular complexity index is 1170. The second-order valence-corrected chi connectivity index (χ2v) is 9.79. The highest BCUT2D eigenvalue weighted by Crippen LogP contribution is 2.22. The second-order valence-electron chi connectivity index (χ2n) is 9.79. The smallest absolute Gasteiger partial charge is 0.289 e. The molecular formula is C29H38N4O4. The van der Waals surface area contributed by atoms with Crippen LogP contribution in [0.25, 0.3) is 0 Å². The first kappa shape index (κ1) is 26.4. The van der Waals surface area contributed by atoms with Crippen molar-refractivity contribution in [2.24, 2.45) is 5.92 Å². The second kappa shape index (κ2) is 12.0. The molecule has 0 aliphatic carbocycles. The van der Waals surface area contributed by atoms with Gasteiger partial charge in [-0.15, -0.1) is 0 Å². The molecule has 37 heavy (non-hydrogen) atoms. The van der Waals surface area contributed by atoms with Crippen molar-refractivity contribution in [3.05, 3.63) is 71.9 Å². The van der Waals surface area contributed by atoms with Crippen LogP contribution in [0, 0.1) is 5.92 Å². The molecule has 0 radical (unpaired) electrons. The number of ether oxygens (including phenoxy) is 1. The molecule has 198 valence electrons. The summed E-state index contributed by atoms with van der Waals surface area (Å²) < 4.78 is 13.3. The Kier molecular flexibility index (Phi) is 8.58. The van der Waals surface area contributed by atoms with E-state index in [1.165, 1.54) is 0 Å². The van der Waals surface area contributed by atoms with Crippen LogP contribution < -0.4 is 9.64 Å². The summed E-state index contributed by atoms with van der Waals surface area (Å²) in [6.45, 7) is 10.6. The zero-order chi connectivity index (χ0) is 26.4. The van der Waals surface area contributed by atoms with Gasteiger partial charge >= 0.3 is 0 Å². The average molecular weight is 507 g/mol. The minimum atomic E-state index is -0.0787. The maximum Gasteiger partial charge on any atom is 0.289 e. The molecular weight excluding hydrogens is 468 g/mol. The van der Waals surface area contributed by atoms with Gasteiger partial charge in [0.25, 0.3) is 5.91 Å².